The van der Waals surface area contributed by atoms with Gasteiger partial charge in [0.15, 0.2) is 5.96 Å². The van der Waals surface area contributed by atoms with Crippen LogP contribution in [-0.4, -0.2) is 31.6 Å². The van der Waals surface area contributed by atoms with Crippen molar-refractivity contribution in [2.24, 2.45) is 4.99 Å². The number of carbonyl (C=O) groups is 1. The van der Waals surface area contributed by atoms with Crippen LogP contribution in [0.1, 0.15) is 54.2 Å². The monoisotopic (exact) mass is 410 g/mol. The third-order valence-corrected chi connectivity index (χ3v) is 4.44. The van der Waals surface area contributed by atoms with Crippen molar-refractivity contribution in [3.63, 3.8) is 0 Å². The number of nitrogens with one attached hydrogen (secondary N) is 3. The molecule has 2 aromatic carbocycles. The van der Waals surface area contributed by atoms with Crippen LogP contribution in [0.2, 0.25) is 0 Å². The number of ether oxygens (including phenoxy) is 1. The predicted octanol–water partition coefficient (Wildman–Crippen LogP) is 3.79. The molecule has 6 nitrogen and oxygen atoms in total. The summed E-state index contributed by atoms with van der Waals surface area (Å²) in [6.45, 7) is 9.99. The Balaban J connectivity index is 1.96. The Kier molecular flexibility index (Phi) is 9.19. The maximum absolute atomic E-state index is 12.2. The fourth-order valence-electron chi connectivity index (χ4n) is 2.92. The first kappa shape index (κ1) is 23.3. The van der Waals surface area contributed by atoms with Crippen LogP contribution >= 0.6 is 0 Å². The summed E-state index contributed by atoms with van der Waals surface area (Å²) in [7, 11) is 1.74. The lowest BCUT2D eigenvalue weighted by Crippen LogP contribution is -2.36. The van der Waals surface area contributed by atoms with Gasteiger partial charge in [0, 0.05) is 37.8 Å². The van der Waals surface area contributed by atoms with Crippen LogP contribution < -0.4 is 20.7 Å². The van der Waals surface area contributed by atoms with Gasteiger partial charge in [-0.15, -0.1) is 0 Å². The number of hydrogen-bond acceptors (Lipinski definition) is 3. The Morgan fingerprint density at radius 2 is 1.83 bits per heavy atom. The van der Waals surface area contributed by atoms with Crippen LogP contribution in [0.4, 0.5) is 0 Å². The van der Waals surface area contributed by atoms with Gasteiger partial charge in [-0.2, -0.15) is 0 Å². The molecule has 2 aromatic rings. The van der Waals surface area contributed by atoms with E-state index in [9.17, 15) is 4.79 Å². The number of aryl methyl sites for hydroxylation is 1. The molecule has 6 heteroatoms. The van der Waals surface area contributed by atoms with E-state index in [0.29, 0.717) is 31.2 Å². The molecule has 3 N–H and O–H groups in total. The highest BCUT2D eigenvalue weighted by Gasteiger charge is 2.09. The molecule has 0 bridgehead atoms. The van der Waals surface area contributed by atoms with E-state index in [-0.39, 0.29) is 12.0 Å². The largest absolute Gasteiger partial charge is 0.491 e. The van der Waals surface area contributed by atoms with E-state index in [0.717, 1.165) is 23.3 Å². The SMILES string of the molecule is CCCNC(=O)c1cccc(CNC(=NC)NCc2ccc(C)cc2OC(C)C)c1. The molecule has 0 radical (unpaired) electrons. The first-order chi connectivity index (χ1) is 14.4. The lowest BCUT2D eigenvalue weighted by atomic mass is 10.1. The first-order valence-electron chi connectivity index (χ1n) is 10.5. The molecule has 0 aliphatic rings. The maximum atomic E-state index is 12.2. The molecule has 0 atom stereocenters. The van der Waals surface area contributed by atoms with Crippen molar-refractivity contribution < 1.29 is 9.53 Å². The second kappa shape index (κ2) is 11.9. The number of aliphatic imine (C=N–C) groups is 1. The van der Waals surface area contributed by atoms with Crippen LogP contribution in [0.25, 0.3) is 0 Å². The quantitative estimate of drug-likeness (QED) is 0.434. The molecular weight excluding hydrogens is 376 g/mol. The Hall–Kier alpha value is -3.02. The molecule has 0 unspecified atom stereocenters. The van der Waals surface area contributed by atoms with Gasteiger partial charge in [-0.25, -0.2) is 0 Å². The summed E-state index contributed by atoms with van der Waals surface area (Å²) in [6, 6.07) is 13.8. The van der Waals surface area contributed by atoms with Crippen LogP contribution in [0.15, 0.2) is 47.5 Å². The summed E-state index contributed by atoms with van der Waals surface area (Å²) in [5, 5.41) is 9.54. The number of benzene rings is 2. The van der Waals surface area contributed by atoms with E-state index >= 15 is 0 Å². The zero-order chi connectivity index (χ0) is 21.9. The minimum Gasteiger partial charge on any atom is -0.491 e. The summed E-state index contributed by atoms with van der Waals surface area (Å²) in [6.07, 6.45) is 1.03. The predicted molar refractivity (Wildman–Crippen MR) is 123 cm³/mol. The molecule has 0 aromatic heterocycles. The number of rotatable bonds is 9. The zero-order valence-electron chi connectivity index (χ0n) is 18.7. The van der Waals surface area contributed by atoms with Crippen LogP contribution in [0.3, 0.4) is 0 Å². The maximum Gasteiger partial charge on any atom is 0.251 e. The lowest BCUT2D eigenvalue weighted by molar-refractivity contribution is 0.0953. The van der Waals surface area contributed by atoms with Gasteiger partial charge in [0.2, 0.25) is 0 Å². The summed E-state index contributed by atoms with van der Waals surface area (Å²) in [5.41, 5.74) is 3.92. The van der Waals surface area contributed by atoms with Gasteiger partial charge in [-0.1, -0.05) is 31.2 Å². The van der Waals surface area contributed by atoms with E-state index in [4.69, 9.17) is 4.74 Å². The molecule has 0 saturated carbocycles. The summed E-state index contributed by atoms with van der Waals surface area (Å²) in [5.74, 6) is 1.53. The fraction of sp³-hybridized carbons (Fsp3) is 0.417. The van der Waals surface area contributed by atoms with Crippen molar-refractivity contribution in [3.8, 4) is 5.75 Å². The highest BCUT2D eigenvalue weighted by Crippen LogP contribution is 2.21. The molecule has 162 valence electrons. The van der Waals surface area contributed by atoms with Gasteiger partial charge in [-0.05, 0) is 56.5 Å². The van der Waals surface area contributed by atoms with Crippen molar-refractivity contribution in [3.05, 3.63) is 64.7 Å². The standard InChI is InChI=1S/C24H34N4O2/c1-6-12-26-23(29)20-9-7-8-19(14-20)15-27-24(25-5)28-16-21-11-10-18(4)13-22(21)30-17(2)3/h7-11,13-14,17H,6,12,15-16H2,1-5H3,(H,26,29)(H2,25,27,28). The number of carbonyl (C=O) groups excluding carboxylic acids is 1. The Morgan fingerprint density at radius 1 is 1.07 bits per heavy atom. The highest BCUT2D eigenvalue weighted by molar-refractivity contribution is 5.94. The van der Waals surface area contributed by atoms with Crippen molar-refractivity contribution in [1.29, 1.82) is 0 Å². The van der Waals surface area contributed by atoms with E-state index < -0.39 is 0 Å². The van der Waals surface area contributed by atoms with Gasteiger partial charge >= 0.3 is 0 Å². The lowest BCUT2D eigenvalue weighted by Gasteiger charge is -2.17. The molecule has 0 heterocycles. The Morgan fingerprint density at radius 3 is 2.53 bits per heavy atom. The van der Waals surface area contributed by atoms with Gasteiger partial charge in [-0.3, -0.25) is 9.79 Å². The summed E-state index contributed by atoms with van der Waals surface area (Å²) < 4.78 is 5.95. The van der Waals surface area contributed by atoms with Crippen molar-refractivity contribution in [2.45, 2.75) is 53.3 Å². The molecule has 0 aliphatic carbocycles. The molecule has 1 amide bonds. The molecule has 0 saturated heterocycles. The third-order valence-electron chi connectivity index (χ3n) is 4.44. The molecule has 0 aliphatic heterocycles. The van der Waals surface area contributed by atoms with Crippen LogP contribution in [0.5, 0.6) is 5.75 Å². The number of amides is 1. The minimum atomic E-state index is -0.0433. The van der Waals surface area contributed by atoms with Gasteiger partial charge < -0.3 is 20.7 Å². The smallest absolute Gasteiger partial charge is 0.251 e. The summed E-state index contributed by atoms with van der Waals surface area (Å²) >= 11 is 0. The van der Waals surface area contributed by atoms with Gasteiger partial charge in [0.1, 0.15) is 5.75 Å². The molecule has 2 rings (SSSR count). The number of nitrogens with zero attached hydrogens (tertiary/aromatic N) is 1. The second-order valence-electron chi connectivity index (χ2n) is 7.51. The van der Waals surface area contributed by atoms with E-state index in [1.54, 1.807) is 7.05 Å². The average Bonchev–Trinajstić information content (AvgIpc) is 2.73. The number of hydrogen-bond donors (Lipinski definition) is 3. The normalized spacial score (nSPS) is 11.3. The van der Waals surface area contributed by atoms with E-state index in [1.807, 2.05) is 45.0 Å². The Bertz CT molecular complexity index is 862. The Labute approximate surface area is 180 Å². The molecular formula is C24H34N4O2. The molecule has 30 heavy (non-hydrogen) atoms. The minimum absolute atomic E-state index is 0.0433. The van der Waals surface area contributed by atoms with Crippen molar-refractivity contribution >= 4 is 11.9 Å². The van der Waals surface area contributed by atoms with Gasteiger partial charge in [0.25, 0.3) is 5.91 Å². The van der Waals surface area contributed by atoms with Crippen LogP contribution in [-0.2, 0) is 13.1 Å². The third kappa shape index (κ3) is 7.43. The zero-order valence-corrected chi connectivity index (χ0v) is 18.7. The topological polar surface area (TPSA) is 74.8 Å². The average molecular weight is 411 g/mol. The molecule has 0 fully saturated rings. The first-order valence-corrected chi connectivity index (χ1v) is 10.5. The van der Waals surface area contributed by atoms with E-state index in [1.165, 1.54) is 5.56 Å². The highest BCUT2D eigenvalue weighted by atomic mass is 16.5. The summed E-state index contributed by atoms with van der Waals surface area (Å²) in [4.78, 5) is 16.5. The van der Waals surface area contributed by atoms with E-state index in [2.05, 4.69) is 46.1 Å². The fourth-order valence-corrected chi connectivity index (χ4v) is 2.92. The van der Waals surface area contributed by atoms with Crippen molar-refractivity contribution in [1.82, 2.24) is 16.0 Å². The van der Waals surface area contributed by atoms with Gasteiger partial charge in [0.05, 0.1) is 6.10 Å². The molecule has 0 spiro atoms. The van der Waals surface area contributed by atoms with Crippen molar-refractivity contribution in [2.75, 3.05) is 13.6 Å². The second-order valence-corrected chi connectivity index (χ2v) is 7.51. The van der Waals surface area contributed by atoms with Crippen LogP contribution in [0, 0.1) is 6.92 Å². The number of guanidine groups is 1.